The lowest BCUT2D eigenvalue weighted by Crippen LogP contribution is -2.16. The quantitative estimate of drug-likeness (QED) is 0.737. The Morgan fingerprint density at radius 2 is 2.20 bits per heavy atom. The van der Waals surface area contributed by atoms with Crippen molar-refractivity contribution >= 4 is 0 Å². The maximum Gasteiger partial charge on any atom is 0.136 e. The fraction of sp³-hybridized carbons (Fsp3) is 0.636. The monoisotopic (exact) mass is 204 g/mol. The van der Waals surface area contributed by atoms with Crippen LogP contribution in [0.4, 0.5) is 0 Å². The van der Waals surface area contributed by atoms with Crippen LogP contribution in [0.5, 0.6) is 0 Å². The molecule has 2 aliphatic rings. The first-order chi connectivity index (χ1) is 7.45. The fourth-order valence-electron chi connectivity index (χ4n) is 2.53. The molecule has 15 heavy (non-hydrogen) atoms. The van der Waals surface area contributed by atoms with Crippen molar-refractivity contribution in [1.29, 1.82) is 0 Å². The van der Waals surface area contributed by atoms with Gasteiger partial charge in [-0.25, -0.2) is 0 Å². The molecule has 0 spiro atoms. The second-order valence-corrected chi connectivity index (χ2v) is 4.38. The molecule has 0 aromatic carbocycles. The van der Waals surface area contributed by atoms with Gasteiger partial charge in [0.2, 0.25) is 0 Å². The van der Waals surface area contributed by atoms with Crippen LogP contribution in [0.2, 0.25) is 0 Å². The fourth-order valence-corrected chi connectivity index (χ4v) is 2.53. The van der Waals surface area contributed by atoms with E-state index in [2.05, 4.69) is 32.2 Å². The molecule has 0 radical (unpaired) electrons. The first kappa shape index (κ1) is 9.09. The summed E-state index contributed by atoms with van der Waals surface area (Å²) < 4.78 is 2.28. The summed E-state index contributed by atoms with van der Waals surface area (Å²) in [5.41, 5.74) is 0. The topological polar surface area (TPSA) is 42.7 Å². The van der Waals surface area contributed by atoms with E-state index in [1.165, 1.54) is 12.2 Å². The van der Waals surface area contributed by atoms with Gasteiger partial charge in [-0.1, -0.05) is 12.2 Å². The van der Waals surface area contributed by atoms with Gasteiger partial charge in [0.15, 0.2) is 0 Å². The Morgan fingerprint density at radius 3 is 2.93 bits per heavy atom. The lowest BCUT2D eigenvalue weighted by atomic mass is 10.1. The van der Waals surface area contributed by atoms with Crippen LogP contribution in [0, 0.1) is 0 Å². The smallest absolute Gasteiger partial charge is 0.136 e. The molecule has 0 bridgehead atoms. The molecule has 1 aromatic rings. The normalized spacial score (nSPS) is 26.5. The summed E-state index contributed by atoms with van der Waals surface area (Å²) >= 11 is 0. The van der Waals surface area contributed by atoms with Crippen LogP contribution in [0.1, 0.15) is 37.0 Å². The van der Waals surface area contributed by atoms with Gasteiger partial charge < -0.3 is 9.88 Å². The number of hydrogen-bond acceptors (Lipinski definition) is 3. The zero-order valence-electron chi connectivity index (χ0n) is 8.76. The predicted molar refractivity (Wildman–Crippen MR) is 57.7 cm³/mol. The van der Waals surface area contributed by atoms with Gasteiger partial charge in [0.05, 0.1) is 0 Å². The largest absolute Gasteiger partial charge is 0.315 e. The number of nitrogens with zero attached hydrogens (tertiary/aromatic N) is 3. The van der Waals surface area contributed by atoms with Gasteiger partial charge in [-0.05, 0) is 25.8 Å². The van der Waals surface area contributed by atoms with E-state index in [0.29, 0.717) is 12.0 Å². The number of nitrogens with one attached hydrogen (secondary N) is 1. The van der Waals surface area contributed by atoms with Gasteiger partial charge in [0.25, 0.3) is 0 Å². The molecule has 1 N–H and O–H groups in total. The molecule has 0 amide bonds. The highest BCUT2D eigenvalue weighted by Gasteiger charge is 2.24. The molecule has 1 fully saturated rings. The molecule has 0 saturated carbocycles. The second kappa shape index (κ2) is 3.77. The maximum atomic E-state index is 4.29. The molecule has 4 heteroatoms. The van der Waals surface area contributed by atoms with Crippen molar-refractivity contribution < 1.29 is 0 Å². The highest BCUT2D eigenvalue weighted by molar-refractivity contribution is 5.10. The summed E-state index contributed by atoms with van der Waals surface area (Å²) in [6.45, 7) is 2.18. The highest BCUT2D eigenvalue weighted by atomic mass is 15.3. The molecule has 1 unspecified atom stereocenters. The third-order valence-corrected chi connectivity index (χ3v) is 3.40. The Labute approximate surface area is 89.4 Å². The Kier molecular flexibility index (Phi) is 2.29. The molecule has 1 saturated heterocycles. The minimum absolute atomic E-state index is 0.563. The summed E-state index contributed by atoms with van der Waals surface area (Å²) in [7, 11) is 0. The molecule has 1 aliphatic heterocycles. The summed E-state index contributed by atoms with van der Waals surface area (Å²) in [5.74, 6) is 1.74. The summed E-state index contributed by atoms with van der Waals surface area (Å²) in [6.07, 6.45) is 9.83. The van der Waals surface area contributed by atoms with E-state index >= 15 is 0 Å². The van der Waals surface area contributed by atoms with Gasteiger partial charge >= 0.3 is 0 Å². The van der Waals surface area contributed by atoms with Crippen LogP contribution < -0.4 is 5.32 Å². The van der Waals surface area contributed by atoms with Crippen molar-refractivity contribution in [2.24, 2.45) is 0 Å². The van der Waals surface area contributed by atoms with Crippen LogP contribution >= 0.6 is 0 Å². The third kappa shape index (κ3) is 1.59. The van der Waals surface area contributed by atoms with Crippen LogP contribution in [0.15, 0.2) is 18.5 Å². The molecular formula is C11H16N4. The Balaban J connectivity index is 1.84. The van der Waals surface area contributed by atoms with E-state index in [9.17, 15) is 0 Å². The van der Waals surface area contributed by atoms with E-state index in [1.54, 1.807) is 0 Å². The maximum absolute atomic E-state index is 4.29. The van der Waals surface area contributed by atoms with Crippen molar-refractivity contribution in [3.05, 3.63) is 24.3 Å². The number of aromatic nitrogens is 3. The Morgan fingerprint density at radius 1 is 1.33 bits per heavy atom. The predicted octanol–water partition coefficient (Wildman–Crippen LogP) is 1.25. The molecule has 1 aliphatic carbocycles. The first-order valence-corrected chi connectivity index (χ1v) is 5.70. The van der Waals surface area contributed by atoms with Crippen molar-refractivity contribution in [3.63, 3.8) is 0 Å². The minimum Gasteiger partial charge on any atom is -0.315 e. The van der Waals surface area contributed by atoms with E-state index in [0.717, 1.165) is 25.9 Å². The first-order valence-electron chi connectivity index (χ1n) is 5.70. The SMILES string of the molecule is C1=CCC(c2nncn2C2CCNC2)C1. The van der Waals surface area contributed by atoms with Gasteiger partial charge in [-0.3, -0.25) is 0 Å². The molecule has 80 valence electrons. The van der Waals surface area contributed by atoms with Crippen molar-refractivity contribution in [1.82, 2.24) is 20.1 Å². The summed E-state index contributed by atoms with van der Waals surface area (Å²) in [6, 6.07) is 0.565. The zero-order valence-corrected chi connectivity index (χ0v) is 8.76. The average Bonchev–Trinajstić information content (AvgIpc) is 3.01. The summed E-state index contributed by atoms with van der Waals surface area (Å²) in [5, 5.41) is 11.7. The second-order valence-electron chi connectivity index (χ2n) is 4.38. The number of allylic oxidation sites excluding steroid dienone is 2. The standard InChI is InChI=1S/C11H16N4/c1-2-4-9(3-1)11-14-13-8-15(11)10-5-6-12-7-10/h1-2,8-10,12H,3-7H2. The molecule has 2 heterocycles. The minimum atomic E-state index is 0.563. The van der Waals surface area contributed by atoms with E-state index in [1.807, 2.05) is 6.33 Å². The lowest BCUT2D eigenvalue weighted by molar-refractivity contribution is 0.499. The molecule has 3 rings (SSSR count). The van der Waals surface area contributed by atoms with Gasteiger partial charge in [-0.2, -0.15) is 0 Å². The number of rotatable bonds is 2. The lowest BCUT2D eigenvalue weighted by Gasteiger charge is -2.16. The average molecular weight is 204 g/mol. The van der Waals surface area contributed by atoms with Crippen LogP contribution in [-0.4, -0.2) is 27.9 Å². The van der Waals surface area contributed by atoms with Gasteiger partial charge in [-0.15, -0.1) is 10.2 Å². The van der Waals surface area contributed by atoms with Crippen molar-refractivity contribution in [2.75, 3.05) is 13.1 Å². The van der Waals surface area contributed by atoms with Gasteiger partial charge in [0.1, 0.15) is 12.2 Å². The third-order valence-electron chi connectivity index (χ3n) is 3.40. The van der Waals surface area contributed by atoms with E-state index in [-0.39, 0.29) is 0 Å². The number of hydrogen-bond donors (Lipinski definition) is 1. The molecular weight excluding hydrogens is 188 g/mol. The van der Waals surface area contributed by atoms with Crippen molar-refractivity contribution in [3.8, 4) is 0 Å². The molecule has 1 atom stereocenters. The van der Waals surface area contributed by atoms with Crippen LogP contribution in [0.25, 0.3) is 0 Å². The van der Waals surface area contributed by atoms with Gasteiger partial charge in [0, 0.05) is 18.5 Å². The zero-order chi connectivity index (χ0) is 10.1. The molecule has 4 nitrogen and oxygen atoms in total. The Hall–Kier alpha value is -1.16. The van der Waals surface area contributed by atoms with E-state index in [4.69, 9.17) is 0 Å². The highest BCUT2D eigenvalue weighted by Crippen LogP contribution is 2.30. The van der Waals surface area contributed by atoms with Crippen molar-refractivity contribution in [2.45, 2.75) is 31.2 Å². The Bertz CT molecular complexity index is 338. The summed E-state index contributed by atoms with van der Waals surface area (Å²) in [4.78, 5) is 0. The van der Waals surface area contributed by atoms with Crippen LogP contribution in [-0.2, 0) is 0 Å². The van der Waals surface area contributed by atoms with Crippen LogP contribution in [0.3, 0.4) is 0 Å². The van der Waals surface area contributed by atoms with E-state index < -0.39 is 0 Å². The molecule has 1 aromatic heterocycles.